The largest absolute Gasteiger partial charge is 0.490 e. The van der Waals surface area contributed by atoms with Gasteiger partial charge in [0.25, 0.3) is 0 Å². The Bertz CT molecular complexity index is 441. The Labute approximate surface area is 79.8 Å². The molecule has 1 heterocycles. The molecular formula is C8H8BNO2S. The Balaban J connectivity index is 2.78. The lowest BCUT2D eigenvalue weighted by Crippen LogP contribution is -2.30. The van der Waals surface area contributed by atoms with E-state index >= 15 is 0 Å². The van der Waals surface area contributed by atoms with Gasteiger partial charge in [-0.25, -0.2) is 4.98 Å². The zero-order chi connectivity index (χ0) is 9.42. The number of fused-ring (bicyclic) bond motifs is 1. The van der Waals surface area contributed by atoms with E-state index in [9.17, 15) is 0 Å². The Morgan fingerprint density at radius 1 is 1.38 bits per heavy atom. The summed E-state index contributed by atoms with van der Waals surface area (Å²) in [4.78, 5) is 4.10. The summed E-state index contributed by atoms with van der Waals surface area (Å²) in [6.07, 6.45) is 0. The number of hydrogen-bond acceptors (Lipinski definition) is 4. The second-order valence-corrected chi connectivity index (χ2v) is 3.73. The molecule has 0 aliphatic heterocycles. The first-order chi connectivity index (χ1) is 6.20. The van der Waals surface area contributed by atoms with Crippen LogP contribution in [-0.2, 0) is 0 Å². The predicted molar refractivity (Wildman–Crippen MR) is 54.2 cm³/mol. The van der Waals surface area contributed by atoms with Gasteiger partial charge in [-0.15, -0.1) is 11.3 Å². The van der Waals surface area contributed by atoms with Gasteiger partial charge in [0.05, 0.1) is 15.7 Å². The number of benzene rings is 1. The summed E-state index contributed by atoms with van der Waals surface area (Å²) in [5.74, 6) is 0. The molecule has 0 amide bonds. The minimum atomic E-state index is -1.44. The van der Waals surface area contributed by atoms with Crippen LogP contribution in [0.4, 0.5) is 0 Å². The average molecular weight is 193 g/mol. The Morgan fingerprint density at radius 3 is 2.85 bits per heavy atom. The first-order valence-corrected chi connectivity index (χ1v) is 4.77. The third-order valence-corrected chi connectivity index (χ3v) is 2.95. The van der Waals surface area contributed by atoms with Crippen LogP contribution in [-0.4, -0.2) is 22.2 Å². The molecule has 0 unspecified atom stereocenters. The molecule has 1 aromatic carbocycles. The molecule has 2 N–H and O–H groups in total. The highest BCUT2D eigenvalue weighted by atomic mass is 32.1. The highest BCUT2D eigenvalue weighted by molar-refractivity contribution is 7.17. The molecule has 0 atom stereocenters. The van der Waals surface area contributed by atoms with Gasteiger partial charge in [-0.1, -0.05) is 12.1 Å². The van der Waals surface area contributed by atoms with Crippen molar-refractivity contribution in [3.63, 3.8) is 0 Å². The van der Waals surface area contributed by atoms with Crippen molar-refractivity contribution in [1.29, 1.82) is 0 Å². The summed E-state index contributed by atoms with van der Waals surface area (Å²) in [6, 6.07) is 3.57. The molecule has 0 aliphatic carbocycles. The number of thiazole rings is 1. The summed E-state index contributed by atoms with van der Waals surface area (Å²) in [6.45, 7) is 1.98. The minimum Gasteiger partial charge on any atom is -0.423 e. The van der Waals surface area contributed by atoms with E-state index in [2.05, 4.69) is 4.98 Å². The van der Waals surface area contributed by atoms with Crippen molar-refractivity contribution in [1.82, 2.24) is 4.98 Å². The summed E-state index contributed by atoms with van der Waals surface area (Å²) < 4.78 is 1.02. The molecule has 0 saturated heterocycles. The fraction of sp³-hybridized carbons (Fsp3) is 0.125. The molecule has 0 radical (unpaired) electrons. The topological polar surface area (TPSA) is 53.4 Å². The smallest absolute Gasteiger partial charge is 0.423 e. The molecule has 2 aromatic rings. The van der Waals surface area contributed by atoms with Crippen LogP contribution in [0.25, 0.3) is 10.2 Å². The molecule has 2 rings (SSSR count). The Hall–Kier alpha value is -0.905. The Kier molecular flexibility index (Phi) is 2.07. The highest BCUT2D eigenvalue weighted by Crippen LogP contribution is 2.19. The van der Waals surface area contributed by atoms with Crippen molar-refractivity contribution in [3.8, 4) is 0 Å². The molecular weight excluding hydrogens is 185 g/mol. The summed E-state index contributed by atoms with van der Waals surface area (Å²) in [5.41, 5.74) is 3.99. The molecule has 0 aliphatic rings. The van der Waals surface area contributed by atoms with Crippen molar-refractivity contribution in [2.24, 2.45) is 0 Å². The van der Waals surface area contributed by atoms with E-state index in [1.165, 1.54) is 11.3 Å². The lowest BCUT2D eigenvalue weighted by molar-refractivity contribution is 0.426. The zero-order valence-corrected chi connectivity index (χ0v) is 7.88. The quantitative estimate of drug-likeness (QED) is 0.639. The Morgan fingerprint density at radius 2 is 2.15 bits per heavy atom. The number of nitrogens with zero attached hydrogens (tertiary/aromatic N) is 1. The van der Waals surface area contributed by atoms with E-state index < -0.39 is 7.12 Å². The van der Waals surface area contributed by atoms with E-state index in [-0.39, 0.29) is 0 Å². The second-order valence-electron chi connectivity index (χ2n) is 2.88. The van der Waals surface area contributed by atoms with Gasteiger partial charge in [-0.2, -0.15) is 0 Å². The fourth-order valence-electron chi connectivity index (χ4n) is 1.31. The van der Waals surface area contributed by atoms with Crippen LogP contribution >= 0.6 is 11.3 Å². The van der Waals surface area contributed by atoms with Gasteiger partial charge in [0.1, 0.15) is 0 Å². The molecule has 0 saturated carbocycles. The highest BCUT2D eigenvalue weighted by Gasteiger charge is 2.16. The van der Waals surface area contributed by atoms with Gasteiger partial charge in [0, 0.05) is 5.46 Å². The van der Waals surface area contributed by atoms with Gasteiger partial charge < -0.3 is 10.0 Å². The van der Waals surface area contributed by atoms with E-state index in [0.717, 1.165) is 10.3 Å². The second kappa shape index (κ2) is 3.10. The van der Waals surface area contributed by atoms with Gasteiger partial charge in [-0.05, 0) is 12.5 Å². The molecule has 5 heteroatoms. The SMILES string of the molecule is Cc1ccc(B(O)O)c2ncsc12. The van der Waals surface area contributed by atoms with Crippen molar-refractivity contribution >= 4 is 34.1 Å². The molecule has 66 valence electrons. The molecule has 1 aromatic heterocycles. The molecule has 0 bridgehead atoms. The van der Waals surface area contributed by atoms with Gasteiger partial charge >= 0.3 is 7.12 Å². The van der Waals surface area contributed by atoms with Gasteiger partial charge in [-0.3, -0.25) is 0 Å². The van der Waals surface area contributed by atoms with Crippen molar-refractivity contribution < 1.29 is 10.0 Å². The van der Waals surface area contributed by atoms with Crippen LogP contribution < -0.4 is 5.46 Å². The number of hydrogen-bond donors (Lipinski definition) is 2. The molecule has 13 heavy (non-hydrogen) atoms. The van der Waals surface area contributed by atoms with Crippen LogP contribution in [0.1, 0.15) is 5.56 Å². The molecule has 3 nitrogen and oxygen atoms in total. The summed E-state index contributed by atoms with van der Waals surface area (Å²) in [5, 5.41) is 18.1. The summed E-state index contributed by atoms with van der Waals surface area (Å²) >= 11 is 1.51. The van der Waals surface area contributed by atoms with Gasteiger partial charge in [0.2, 0.25) is 0 Å². The normalized spacial score (nSPS) is 10.7. The number of aromatic nitrogens is 1. The average Bonchev–Trinajstić information content (AvgIpc) is 2.53. The van der Waals surface area contributed by atoms with Crippen LogP contribution in [0.5, 0.6) is 0 Å². The van der Waals surface area contributed by atoms with Crippen LogP contribution in [0, 0.1) is 6.92 Å². The van der Waals surface area contributed by atoms with Crippen LogP contribution in [0.2, 0.25) is 0 Å². The third-order valence-electron chi connectivity index (χ3n) is 1.99. The first-order valence-electron chi connectivity index (χ1n) is 3.89. The van der Waals surface area contributed by atoms with E-state index in [0.29, 0.717) is 11.0 Å². The lowest BCUT2D eigenvalue weighted by Gasteiger charge is -2.01. The van der Waals surface area contributed by atoms with Crippen molar-refractivity contribution in [2.75, 3.05) is 0 Å². The van der Waals surface area contributed by atoms with Crippen LogP contribution in [0.15, 0.2) is 17.6 Å². The maximum atomic E-state index is 9.05. The molecule has 0 spiro atoms. The zero-order valence-electron chi connectivity index (χ0n) is 7.06. The van der Waals surface area contributed by atoms with E-state index in [1.54, 1.807) is 11.6 Å². The standard InChI is InChI=1S/C8H8BNO2S/c1-5-2-3-6(9(11)12)7-8(5)13-4-10-7/h2-4,11-12H,1H3. The van der Waals surface area contributed by atoms with Crippen molar-refractivity contribution in [3.05, 3.63) is 23.2 Å². The maximum absolute atomic E-state index is 9.05. The number of aryl methyl sites for hydroxylation is 1. The van der Waals surface area contributed by atoms with Crippen LogP contribution in [0.3, 0.4) is 0 Å². The molecule has 0 fully saturated rings. The number of rotatable bonds is 1. The monoisotopic (exact) mass is 193 g/mol. The predicted octanol–water partition coefficient (Wildman–Crippen LogP) is 0.285. The maximum Gasteiger partial charge on any atom is 0.490 e. The fourth-order valence-corrected chi connectivity index (χ4v) is 2.11. The van der Waals surface area contributed by atoms with E-state index in [1.807, 2.05) is 13.0 Å². The van der Waals surface area contributed by atoms with Crippen molar-refractivity contribution in [2.45, 2.75) is 6.92 Å². The third kappa shape index (κ3) is 1.35. The minimum absolute atomic E-state index is 0.474. The first kappa shape index (κ1) is 8.68. The summed E-state index contributed by atoms with van der Waals surface area (Å²) in [7, 11) is -1.44. The van der Waals surface area contributed by atoms with Gasteiger partial charge in [0.15, 0.2) is 0 Å². The lowest BCUT2D eigenvalue weighted by atomic mass is 9.79. The van der Waals surface area contributed by atoms with E-state index in [4.69, 9.17) is 10.0 Å².